The third-order valence-corrected chi connectivity index (χ3v) is 5.78. The number of rotatable bonds is 7. The molecule has 8 heteroatoms. The fourth-order valence-corrected chi connectivity index (χ4v) is 3.91. The van der Waals surface area contributed by atoms with Gasteiger partial charge in [0.15, 0.2) is 0 Å². The van der Waals surface area contributed by atoms with E-state index in [1.54, 1.807) is 12.1 Å². The molecule has 0 saturated carbocycles. The monoisotopic (exact) mass is 399 g/mol. The zero-order valence-electron chi connectivity index (χ0n) is 15.4. The highest BCUT2D eigenvalue weighted by atomic mass is 32.2. The van der Waals surface area contributed by atoms with Gasteiger partial charge in [-0.3, -0.25) is 9.59 Å². The van der Waals surface area contributed by atoms with Gasteiger partial charge in [-0.2, -0.15) is 0 Å². The van der Waals surface area contributed by atoms with E-state index in [-0.39, 0.29) is 29.3 Å². The average Bonchev–Trinajstić information content (AvgIpc) is 2.67. The number of para-hydroxylation sites is 1. The van der Waals surface area contributed by atoms with Crippen LogP contribution in [0, 0.1) is 0 Å². The van der Waals surface area contributed by atoms with Crippen LogP contribution < -0.4 is 15.6 Å². The van der Waals surface area contributed by atoms with E-state index < -0.39 is 10.0 Å². The van der Waals surface area contributed by atoms with Crippen molar-refractivity contribution >= 4 is 32.5 Å². The lowest BCUT2D eigenvalue weighted by Crippen LogP contribution is -2.28. The lowest BCUT2D eigenvalue weighted by Gasteiger charge is -2.10. The minimum atomic E-state index is -3.77. The number of amides is 1. The molecular weight excluding hydrogens is 378 g/mol. The van der Waals surface area contributed by atoms with Gasteiger partial charge < -0.3 is 10.3 Å². The first-order chi connectivity index (χ1) is 13.4. The Morgan fingerprint density at radius 2 is 1.86 bits per heavy atom. The summed E-state index contributed by atoms with van der Waals surface area (Å²) >= 11 is 0. The van der Waals surface area contributed by atoms with E-state index in [1.165, 1.54) is 18.2 Å². The number of H-pyrrole nitrogens is 1. The van der Waals surface area contributed by atoms with Gasteiger partial charge in [0.25, 0.3) is 0 Å². The zero-order valence-corrected chi connectivity index (χ0v) is 16.2. The van der Waals surface area contributed by atoms with E-state index in [9.17, 15) is 18.0 Å². The first-order valence-electron chi connectivity index (χ1n) is 8.89. The second kappa shape index (κ2) is 8.37. The predicted octanol–water partition coefficient (Wildman–Crippen LogP) is 2.40. The summed E-state index contributed by atoms with van der Waals surface area (Å²) in [6.07, 6.45) is 0.800. The maximum absolute atomic E-state index is 12.5. The SMILES string of the molecule is CCc1ccccc1NC(=O)CCNS(=O)(=O)c1ccc2[nH]c(=O)ccc2c1. The maximum atomic E-state index is 12.5. The Labute approximate surface area is 162 Å². The molecule has 146 valence electrons. The third kappa shape index (κ3) is 4.65. The molecule has 0 bridgehead atoms. The standard InChI is InChI=1S/C20H21N3O4S/c1-2-14-5-3-4-6-17(14)22-20(25)11-12-21-28(26,27)16-8-9-18-15(13-16)7-10-19(24)23-18/h3-10,13,21H,2,11-12H2,1H3,(H,22,25)(H,23,24). The van der Waals surface area contributed by atoms with E-state index in [4.69, 9.17) is 0 Å². The van der Waals surface area contributed by atoms with Gasteiger partial charge in [0.1, 0.15) is 0 Å². The van der Waals surface area contributed by atoms with Gasteiger partial charge in [0.2, 0.25) is 21.5 Å². The molecule has 0 fully saturated rings. The summed E-state index contributed by atoms with van der Waals surface area (Å²) in [5.74, 6) is -0.264. The Hall–Kier alpha value is -2.97. The molecule has 0 aliphatic carbocycles. The number of anilines is 1. The number of pyridine rings is 1. The molecule has 1 aromatic heterocycles. The summed E-state index contributed by atoms with van der Waals surface area (Å²) in [6.45, 7) is 1.98. The van der Waals surface area contributed by atoms with Crippen LogP contribution in [0.5, 0.6) is 0 Å². The largest absolute Gasteiger partial charge is 0.326 e. The van der Waals surface area contributed by atoms with Crippen LogP contribution in [0.3, 0.4) is 0 Å². The van der Waals surface area contributed by atoms with Crippen LogP contribution in [0.2, 0.25) is 0 Å². The van der Waals surface area contributed by atoms with Crippen molar-refractivity contribution in [1.29, 1.82) is 0 Å². The van der Waals surface area contributed by atoms with Crippen molar-refractivity contribution in [2.75, 3.05) is 11.9 Å². The van der Waals surface area contributed by atoms with E-state index in [1.807, 2.05) is 31.2 Å². The van der Waals surface area contributed by atoms with Crippen LogP contribution in [-0.2, 0) is 21.2 Å². The van der Waals surface area contributed by atoms with Crippen LogP contribution in [0.4, 0.5) is 5.69 Å². The highest BCUT2D eigenvalue weighted by molar-refractivity contribution is 7.89. The van der Waals surface area contributed by atoms with Crippen molar-refractivity contribution < 1.29 is 13.2 Å². The van der Waals surface area contributed by atoms with Crippen LogP contribution in [0.25, 0.3) is 10.9 Å². The number of hydrogen-bond donors (Lipinski definition) is 3. The highest BCUT2D eigenvalue weighted by Gasteiger charge is 2.15. The number of carbonyl (C=O) groups is 1. The van der Waals surface area contributed by atoms with Crippen molar-refractivity contribution in [2.45, 2.75) is 24.7 Å². The molecule has 1 amide bonds. The normalized spacial score (nSPS) is 11.5. The number of benzene rings is 2. The number of sulfonamides is 1. The third-order valence-electron chi connectivity index (χ3n) is 4.32. The van der Waals surface area contributed by atoms with E-state index >= 15 is 0 Å². The van der Waals surface area contributed by atoms with Gasteiger partial charge in [-0.15, -0.1) is 0 Å². The number of hydrogen-bond acceptors (Lipinski definition) is 4. The highest BCUT2D eigenvalue weighted by Crippen LogP contribution is 2.17. The van der Waals surface area contributed by atoms with E-state index in [2.05, 4.69) is 15.0 Å². The van der Waals surface area contributed by atoms with Crippen molar-refractivity contribution in [3.8, 4) is 0 Å². The first kappa shape index (κ1) is 19.8. The molecule has 0 unspecified atom stereocenters. The minimum absolute atomic E-state index is 0.0121. The Morgan fingerprint density at radius 1 is 1.07 bits per heavy atom. The summed E-state index contributed by atoms with van der Waals surface area (Å²) in [4.78, 5) is 26.2. The number of aryl methyl sites for hydroxylation is 1. The Bertz CT molecular complexity index is 1170. The molecule has 3 N–H and O–H groups in total. The quantitative estimate of drug-likeness (QED) is 0.567. The Balaban J connectivity index is 1.62. The molecule has 1 heterocycles. The van der Waals surface area contributed by atoms with Crippen LogP contribution in [-0.4, -0.2) is 25.9 Å². The van der Waals surface area contributed by atoms with Crippen molar-refractivity contribution in [3.05, 3.63) is 70.5 Å². The Morgan fingerprint density at radius 3 is 2.64 bits per heavy atom. The molecule has 0 aliphatic rings. The summed E-state index contributed by atoms with van der Waals surface area (Å²) in [7, 11) is -3.77. The molecule has 0 radical (unpaired) electrons. The number of fused-ring (bicyclic) bond motifs is 1. The fourth-order valence-electron chi connectivity index (χ4n) is 2.85. The van der Waals surface area contributed by atoms with Gasteiger partial charge in [-0.1, -0.05) is 25.1 Å². The number of aromatic amines is 1. The maximum Gasteiger partial charge on any atom is 0.248 e. The molecule has 3 aromatic rings. The molecule has 2 aromatic carbocycles. The van der Waals surface area contributed by atoms with Gasteiger partial charge in [0.05, 0.1) is 4.90 Å². The number of nitrogens with one attached hydrogen (secondary N) is 3. The van der Waals surface area contributed by atoms with E-state index in [0.29, 0.717) is 10.9 Å². The van der Waals surface area contributed by atoms with Gasteiger partial charge in [-0.05, 0) is 47.7 Å². The molecule has 3 rings (SSSR count). The molecule has 0 atom stereocenters. The fraction of sp³-hybridized carbons (Fsp3) is 0.200. The van der Waals surface area contributed by atoms with E-state index in [0.717, 1.165) is 17.7 Å². The van der Waals surface area contributed by atoms with Crippen LogP contribution >= 0.6 is 0 Å². The van der Waals surface area contributed by atoms with Crippen molar-refractivity contribution in [1.82, 2.24) is 9.71 Å². The minimum Gasteiger partial charge on any atom is -0.326 e. The molecule has 7 nitrogen and oxygen atoms in total. The second-order valence-electron chi connectivity index (χ2n) is 6.28. The smallest absolute Gasteiger partial charge is 0.248 e. The molecule has 0 spiro atoms. The van der Waals surface area contributed by atoms with Gasteiger partial charge in [0, 0.05) is 30.2 Å². The first-order valence-corrected chi connectivity index (χ1v) is 10.4. The van der Waals surface area contributed by atoms with Crippen molar-refractivity contribution in [3.63, 3.8) is 0 Å². The average molecular weight is 399 g/mol. The predicted molar refractivity (Wildman–Crippen MR) is 109 cm³/mol. The van der Waals surface area contributed by atoms with Gasteiger partial charge in [-0.25, -0.2) is 13.1 Å². The van der Waals surface area contributed by atoms with Crippen molar-refractivity contribution in [2.24, 2.45) is 0 Å². The summed E-state index contributed by atoms with van der Waals surface area (Å²) in [6, 6.07) is 14.8. The number of aromatic nitrogens is 1. The molecule has 0 aliphatic heterocycles. The van der Waals surface area contributed by atoms with Crippen LogP contribution in [0.15, 0.2) is 64.3 Å². The zero-order chi connectivity index (χ0) is 20.1. The second-order valence-corrected chi connectivity index (χ2v) is 8.05. The summed E-state index contributed by atoms with van der Waals surface area (Å²) in [5, 5.41) is 3.42. The molecular formula is C20H21N3O4S. The molecule has 28 heavy (non-hydrogen) atoms. The lowest BCUT2D eigenvalue weighted by molar-refractivity contribution is -0.116. The summed E-state index contributed by atoms with van der Waals surface area (Å²) in [5.41, 5.74) is 2.06. The lowest BCUT2D eigenvalue weighted by atomic mass is 10.1. The number of carbonyl (C=O) groups excluding carboxylic acids is 1. The van der Waals surface area contributed by atoms with Gasteiger partial charge >= 0.3 is 0 Å². The van der Waals surface area contributed by atoms with Crippen LogP contribution in [0.1, 0.15) is 18.9 Å². The summed E-state index contributed by atoms with van der Waals surface area (Å²) < 4.78 is 27.4. The topological polar surface area (TPSA) is 108 Å². The molecule has 0 saturated heterocycles. The Kier molecular flexibility index (Phi) is 5.91.